The predicted molar refractivity (Wildman–Crippen MR) is 72.4 cm³/mol. The molecular formula is C12H12Br2O3. The number of methoxy groups -OCH3 is 1. The molecule has 1 aromatic carbocycles. The van der Waals surface area contributed by atoms with Gasteiger partial charge >= 0.3 is 5.97 Å². The van der Waals surface area contributed by atoms with Crippen molar-refractivity contribution in [2.24, 2.45) is 0 Å². The molecule has 1 rings (SSSR count). The number of Topliss-reactive ketones (excluding diaryl/α,β-unsaturated/α-hetero) is 1. The van der Waals surface area contributed by atoms with Crippen molar-refractivity contribution < 1.29 is 14.3 Å². The predicted octanol–water partition coefficient (Wildman–Crippen LogP) is 2.67. The maximum atomic E-state index is 11.3. The fourth-order valence-corrected chi connectivity index (χ4v) is 1.96. The van der Waals surface area contributed by atoms with Gasteiger partial charge in [-0.25, -0.2) is 0 Å². The smallest absolute Gasteiger partial charge is 0.310 e. The molecule has 5 heteroatoms. The normalized spacial score (nSPS) is 10.1. The molecule has 0 saturated carbocycles. The molecule has 0 aromatic heterocycles. The Morgan fingerprint density at radius 3 is 2.59 bits per heavy atom. The van der Waals surface area contributed by atoms with Crippen LogP contribution in [0.1, 0.15) is 11.1 Å². The molecule has 0 aliphatic rings. The fourth-order valence-electron chi connectivity index (χ4n) is 1.38. The quantitative estimate of drug-likeness (QED) is 0.596. The SMILES string of the molecule is COC(=O)Cc1cc(CC(=O)CBr)ccc1Br. The zero-order chi connectivity index (χ0) is 12.8. The fraction of sp³-hybridized carbons (Fsp3) is 0.333. The third kappa shape index (κ3) is 4.60. The monoisotopic (exact) mass is 362 g/mol. The highest BCUT2D eigenvalue weighted by atomic mass is 79.9. The summed E-state index contributed by atoms with van der Waals surface area (Å²) in [5.41, 5.74) is 1.73. The average molecular weight is 364 g/mol. The Kier molecular flexibility index (Phi) is 5.85. The number of hydrogen-bond acceptors (Lipinski definition) is 3. The van der Waals surface area contributed by atoms with E-state index in [0.29, 0.717) is 11.8 Å². The molecule has 1 aromatic rings. The lowest BCUT2D eigenvalue weighted by Crippen LogP contribution is -2.07. The third-order valence-electron chi connectivity index (χ3n) is 2.22. The van der Waals surface area contributed by atoms with Crippen molar-refractivity contribution in [2.45, 2.75) is 12.8 Å². The minimum absolute atomic E-state index is 0.108. The van der Waals surface area contributed by atoms with Gasteiger partial charge in [-0.1, -0.05) is 44.0 Å². The number of ketones is 1. The zero-order valence-corrected chi connectivity index (χ0v) is 12.5. The van der Waals surface area contributed by atoms with Crippen molar-refractivity contribution in [1.82, 2.24) is 0 Å². The molecule has 0 unspecified atom stereocenters. The van der Waals surface area contributed by atoms with E-state index >= 15 is 0 Å². The van der Waals surface area contributed by atoms with Gasteiger partial charge in [0.25, 0.3) is 0 Å². The minimum Gasteiger partial charge on any atom is -0.469 e. The Balaban J connectivity index is 2.86. The number of hydrogen-bond donors (Lipinski definition) is 0. The van der Waals surface area contributed by atoms with E-state index in [4.69, 9.17) is 0 Å². The molecule has 0 aliphatic heterocycles. The van der Waals surface area contributed by atoms with E-state index in [-0.39, 0.29) is 18.2 Å². The van der Waals surface area contributed by atoms with Crippen LogP contribution in [0.15, 0.2) is 22.7 Å². The molecule has 0 atom stereocenters. The first-order valence-electron chi connectivity index (χ1n) is 4.98. The van der Waals surface area contributed by atoms with Gasteiger partial charge in [0, 0.05) is 10.9 Å². The lowest BCUT2D eigenvalue weighted by molar-refractivity contribution is -0.139. The van der Waals surface area contributed by atoms with Crippen LogP contribution in [-0.2, 0) is 27.2 Å². The number of ether oxygens (including phenoxy) is 1. The summed E-state index contributed by atoms with van der Waals surface area (Å²) in [6.45, 7) is 0. The molecule has 0 saturated heterocycles. The lowest BCUT2D eigenvalue weighted by atomic mass is 10.0. The summed E-state index contributed by atoms with van der Waals surface area (Å²) in [5.74, 6) is -0.189. The van der Waals surface area contributed by atoms with Crippen LogP contribution >= 0.6 is 31.9 Å². The second kappa shape index (κ2) is 6.91. The number of esters is 1. The number of carbonyl (C=O) groups excluding carboxylic acids is 2. The molecule has 3 nitrogen and oxygen atoms in total. The topological polar surface area (TPSA) is 43.4 Å². The maximum Gasteiger partial charge on any atom is 0.310 e. The van der Waals surface area contributed by atoms with Gasteiger partial charge < -0.3 is 4.74 Å². The number of carbonyl (C=O) groups is 2. The van der Waals surface area contributed by atoms with Crippen LogP contribution in [0.3, 0.4) is 0 Å². The van der Waals surface area contributed by atoms with Gasteiger partial charge in [0.2, 0.25) is 0 Å². The van der Waals surface area contributed by atoms with Gasteiger partial charge in [-0.15, -0.1) is 0 Å². The Bertz CT molecular complexity index is 430. The molecule has 0 fully saturated rings. The van der Waals surface area contributed by atoms with E-state index in [1.54, 1.807) is 0 Å². The standard InChI is InChI=1S/C12H12Br2O3/c1-17-12(16)6-9-4-8(2-3-11(9)14)5-10(15)7-13/h2-4H,5-7H2,1H3. The number of alkyl halides is 1. The summed E-state index contributed by atoms with van der Waals surface area (Å²) in [5, 5.41) is 0.343. The maximum absolute atomic E-state index is 11.3. The van der Waals surface area contributed by atoms with Gasteiger partial charge in [0.05, 0.1) is 18.9 Å². The van der Waals surface area contributed by atoms with Gasteiger partial charge in [0.1, 0.15) is 5.78 Å². The van der Waals surface area contributed by atoms with Crippen LogP contribution in [-0.4, -0.2) is 24.2 Å². The van der Waals surface area contributed by atoms with Crippen molar-refractivity contribution >= 4 is 43.6 Å². The van der Waals surface area contributed by atoms with Crippen molar-refractivity contribution in [3.8, 4) is 0 Å². The van der Waals surface area contributed by atoms with Crippen LogP contribution in [0, 0.1) is 0 Å². The Hall–Kier alpha value is -0.680. The Morgan fingerprint density at radius 1 is 1.29 bits per heavy atom. The van der Waals surface area contributed by atoms with E-state index in [9.17, 15) is 9.59 Å². The van der Waals surface area contributed by atoms with Crippen LogP contribution in [0.2, 0.25) is 0 Å². The van der Waals surface area contributed by atoms with Gasteiger partial charge in [-0.3, -0.25) is 9.59 Å². The summed E-state index contributed by atoms with van der Waals surface area (Å²) in [4.78, 5) is 22.5. The highest BCUT2D eigenvalue weighted by molar-refractivity contribution is 9.10. The Labute approximate surface area is 117 Å². The van der Waals surface area contributed by atoms with E-state index in [2.05, 4.69) is 36.6 Å². The van der Waals surface area contributed by atoms with Crippen molar-refractivity contribution in [2.75, 3.05) is 12.4 Å². The lowest BCUT2D eigenvalue weighted by Gasteiger charge is -2.06. The van der Waals surface area contributed by atoms with Crippen LogP contribution in [0.4, 0.5) is 0 Å². The molecule has 0 heterocycles. The molecule has 0 aliphatic carbocycles. The minimum atomic E-state index is -0.297. The first kappa shape index (κ1) is 14.4. The van der Waals surface area contributed by atoms with Crippen molar-refractivity contribution in [3.05, 3.63) is 33.8 Å². The van der Waals surface area contributed by atoms with Crippen LogP contribution < -0.4 is 0 Å². The van der Waals surface area contributed by atoms with Gasteiger partial charge in [-0.2, -0.15) is 0 Å². The summed E-state index contributed by atoms with van der Waals surface area (Å²) in [7, 11) is 1.36. The largest absolute Gasteiger partial charge is 0.469 e. The van der Waals surface area contributed by atoms with E-state index in [0.717, 1.165) is 15.6 Å². The summed E-state index contributed by atoms with van der Waals surface area (Å²) < 4.78 is 5.46. The van der Waals surface area contributed by atoms with Crippen molar-refractivity contribution in [3.63, 3.8) is 0 Å². The number of benzene rings is 1. The van der Waals surface area contributed by atoms with E-state index in [1.807, 2.05) is 18.2 Å². The van der Waals surface area contributed by atoms with E-state index < -0.39 is 0 Å². The molecular weight excluding hydrogens is 352 g/mol. The zero-order valence-electron chi connectivity index (χ0n) is 9.33. The van der Waals surface area contributed by atoms with Crippen LogP contribution in [0.5, 0.6) is 0 Å². The van der Waals surface area contributed by atoms with Gasteiger partial charge in [0.15, 0.2) is 0 Å². The molecule has 0 bridgehead atoms. The van der Waals surface area contributed by atoms with Crippen LogP contribution in [0.25, 0.3) is 0 Å². The highest BCUT2D eigenvalue weighted by Gasteiger charge is 2.09. The molecule has 17 heavy (non-hydrogen) atoms. The Morgan fingerprint density at radius 2 is 2.00 bits per heavy atom. The summed E-state index contributed by atoms with van der Waals surface area (Å²) in [6.07, 6.45) is 0.570. The average Bonchev–Trinajstić information content (AvgIpc) is 2.33. The summed E-state index contributed by atoms with van der Waals surface area (Å²) in [6, 6.07) is 5.56. The first-order chi connectivity index (χ1) is 8.06. The van der Waals surface area contributed by atoms with Crippen molar-refractivity contribution in [1.29, 1.82) is 0 Å². The van der Waals surface area contributed by atoms with E-state index in [1.165, 1.54) is 7.11 Å². The molecule has 0 N–H and O–H groups in total. The number of rotatable bonds is 5. The third-order valence-corrected chi connectivity index (χ3v) is 3.62. The number of halogens is 2. The highest BCUT2D eigenvalue weighted by Crippen LogP contribution is 2.20. The molecule has 92 valence electrons. The molecule has 0 spiro atoms. The van der Waals surface area contributed by atoms with Gasteiger partial charge in [-0.05, 0) is 17.2 Å². The summed E-state index contributed by atoms with van der Waals surface area (Å²) >= 11 is 6.49. The second-order valence-corrected chi connectivity index (χ2v) is 4.94. The molecule has 0 amide bonds. The second-order valence-electron chi connectivity index (χ2n) is 3.53. The molecule has 0 radical (unpaired) electrons. The first-order valence-corrected chi connectivity index (χ1v) is 6.90.